The van der Waals surface area contributed by atoms with Gasteiger partial charge in [-0.15, -0.1) is 0 Å². The number of H-pyrrole nitrogens is 1. The summed E-state index contributed by atoms with van der Waals surface area (Å²) in [5.41, 5.74) is -1.08. The summed E-state index contributed by atoms with van der Waals surface area (Å²) in [4.78, 5) is 25.3. The van der Waals surface area contributed by atoms with Crippen LogP contribution in [0.25, 0.3) is 0 Å². The van der Waals surface area contributed by atoms with Crippen LogP contribution in [0, 0.1) is 17.1 Å². The fourth-order valence-electron chi connectivity index (χ4n) is 2.38. The van der Waals surface area contributed by atoms with E-state index in [9.17, 15) is 9.59 Å². The van der Waals surface area contributed by atoms with Crippen molar-refractivity contribution in [1.82, 2.24) is 9.55 Å². The van der Waals surface area contributed by atoms with Crippen molar-refractivity contribution in [3.05, 3.63) is 88.8 Å². The molecule has 0 aliphatic heterocycles. The van der Waals surface area contributed by atoms with Gasteiger partial charge in [-0.1, -0.05) is 29.3 Å². The van der Waals surface area contributed by atoms with Crippen LogP contribution in [0.3, 0.4) is 0 Å². The average Bonchev–Trinajstić information content (AvgIpc) is 2.64. The number of hydrogen-bond donors (Lipinski definition) is 1. The van der Waals surface area contributed by atoms with Gasteiger partial charge in [0.25, 0.3) is 5.56 Å². The fraction of sp³-hybridized carbons (Fsp3) is 0.0556. The fourth-order valence-corrected chi connectivity index (χ4v) is 3.15. The molecule has 3 rings (SSSR count). The molecule has 0 saturated carbocycles. The summed E-state index contributed by atoms with van der Waals surface area (Å²) >= 11 is 14.9. The number of benzene rings is 2. The van der Waals surface area contributed by atoms with Gasteiger partial charge in [-0.2, -0.15) is 5.26 Å². The van der Waals surface area contributed by atoms with E-state index in [2.05, 4.69) is 15.9 Å². The number of ether oxygens (including phenoxy) is 1. The van der Waals surface area contributed by atoms with E-state index in [0.717, 1.165) is 10.8 Å². The smallest absolute Gasteiger partial charge is 0.328 e. The minimum absolute atomic E-state index is 0.117. The average molecular weight is 485 g/mol. The molecule has 0 aliphatic carbocycles. The van der Waals surface area contributed by atoms with Gasteiger partial charge in [0.1, 0.15) is 10.8 Å². The molecule has 3 aromatic rings. The SMILES string of the molecule is N#Cc1cc(Cl)cc(Oc2c(Br)ccc(Cn3cc(Cl)c(=O)[nH]c3=O)c2F)c1. The highest BCUT2D eigenvalue weighted by atomic mass is 79.9. The minimum Gasteiger partial charge on any atom is -0.453 e. The van der Waals surface area contributed by atoms with Gasteiger partial charge in [0.05, 0.1) is 22.7 Å². The highest BCUT2D eigenvalue weighted by Crippen LogP contribution is 2.35. The van der Waals surface area contributed by atoms with Crippen molar-refractivity contribution in [3.63, 3.8) is 0 Å². The Morgan fingerprint density at radius 3 is 2.71 bits per heavy atom. The lowest BCUT2D eigenvalue weighted by Gasteiger charge is -2.13. The predicted octanol–water partition coefficient (Wildman–Crippen LogP) is 4.46. The third-order valence-electron chi connectivity index (χ3n) is 3.66. The Morgan fingerprint density at radius 2 is 2.00 bits per heavy atom. The van der Waals surface area contributed by atoms with Crippen LogP contribution in [-0.4, -0.2) is 9.55 Å². The second kappa shape index (κ2) is 8.19. The summed E-state index contributed by atoms with van der Waals surface area (Å²) < 4.78 is 22.0. The van der Waals surface area contributed by atoms with Crippen LogP contribution in [0.2, 0.25) is 10.0 Å². The van der Waals surface area contributed by atoms with Crippen molar-refractivity contribution >= 4 is 39.1 Å². The number of nitrogens with one attached hydrogen (secondary N) is 1. The first-order valence-electron chi connectivity index (χ1n) is 7.63. The van der Waals surface area contributed by atoms with E-state index in [1.165, 1.54) is 24.3 Å². The Hall–Kier alpha value is -2.60. The molecule has 2 aromatic carbocycles. The summed E-state index contributed by atoms with van der Waals surface area (Å²) in [6, 6.07) is 9.23. The largest absolute Gasteiger partial charge is 0.453 e. The van der Waals surface area contributed by atoms with Crippen LogP contribution in [0.15, 0.2) is 50.6 Å². The van der Waals surface area contributed by atoms with E-state index in [1.54, 1.807) is 6.07 Å². The normalized spacial score (nSPS) is 10.5. The van der Waals surface area contributed by atoms with Crippen molar-refractivity contribution in [1.29, 1.82) is 5.26 Å². The van der Waals surface area contributed by atoms with Crippen LogP contribution in [0.4, 0.5) is 4.39 Å². The lowest BCUT2D eigenvalue weighted by atomic mass is 10.2. The molecule has 28 heavy (non-hydrogen) atoms. The molecule has 0 atom stereocenters. The maximum atomic E-state index is 15.0. The van der Waals surface area contributed by atoms with E-state index in [1.807, 2.05) is 11.1 Å². The molecule has 1 heterocycles. The van der Waals surface area contributed by atoms with Crippen LogP contribution >= 0.6 is 39.1 Å². The summed E-state index contributed by atoms with van der Waals surface area (Å²) in [5.74, 6) is -0.709. The number of hydrogen-bond acceptors (Lipinski definition) is 4. The van der Waals surface area contributed by atoms with Gasteiger partial charge in [0.15, 0.2) is 11.6 Å². The van der Waals surface area contributed by atoms with Crippen LogP contribution in [0.5, 0.6) is 11.5 Å². The molecule has 6 nitrogen and oxygen atoms in total. The van der Waals surface area contributed by atoms with E-state index >= 15 is 4.39 Å². The molecule has 10 heteroatoms. The van der Waals surface area contributed by atoms with E-state index in [4.69, 9.17) is 33.2 Å². The van der Waals surface area contributed by atoms with Crippen molar-refractivity contribution in [2.75, 3.05) is 0 Å². The maximum absolute atomic E-state index is 15.0. The van der Waals surface area contributed by atoms with Crippen LogP contribution in [-0.2, 0) is 6.54 Å². The van der Waals surface area contributed by atoms with Crippen LogP contribution < -0.4 is 16.0 Å². The molecule has 0 radical (unpaired) electrons. The number of nitrogens with zero attached hydrogens (tertiary/aromatic N) is 2. The summed E-state index contributed by atoms with van der Waals surface area (Å²) in [7, 11) is 0. The monoisotopic (exact) mass is 483 g/mol. The summed E-state index contributed by atoms with van der Waals surface area (Å²) in [5, 5.41) is 9.08. The second-order valence-corrected chi connectivity index (χ2v) is 7.30. The zero-order chi connectivity index (χ0) is 20.4. The molecular formula is C18H9BrCl2FN3O3. The minimum atomic E-state index is -0.734. The van der Waals surface area contributed by atoms with Gasteiger partial charge in [-0.05, 0) is 40.2 Å². The third kappa shape index (κ3) is 4.28. The van der Waals surface area contributed by atoms with Crippen molar-refractivity contribution in [3.8, 4) is 17.6 Å². The molecule has 0 unspecified atom stereocenters. The molecule has 1 N–H and O–H groups in total. The molecule has 0 fully saturated rings. The zero-order valence-corrected chi connectivity index (χ0v) is 16.9. The number of rotatable bonds is 4. The van der Waals surface area contributed by atoms with Crippen molar-refractivity contribution in [2.45, 2.75) is 6.54 Å². The Kier molecular flexibility index (Phi) is 5.89. The first kappa shape index (κ1) is 20.1. The molecule has 142 valence electrons. The standard InChI is InChI=1S/C18H9BrCl2FN3O3/c19-13-2-1-10(7-25-8-14(21)17(26)24-18(25)27)15(22)16(13)28-12-4-9(6-23)3-11(20)5-12/h1-5,8H,7H2,(H,24,26,27). The lowest BCUT2D eigenvalue weighted by Crippen LogP contribution is -2.30. The van der Waals surface area contributed by atoms with Crippen LogP contribution in [0.1, 0.15) is 11.1 Å². The van der Waals surface area contributed by atoms with E-state index in [-0.39, 0.29) is 39.2 Å². The van der Waals surface area contributed by atoms with Crippen molar-refractivity contribution < 1.29 is 9.13 Å². The Bertz CT molecular complexity index is 1230. The zero-order valence-electron chi connectivity index (χ0n) is 13.8. The molecule has 0 saturated heterocycles. The summed E-state index contributed by atoms with van der Waals surface area (Å²) in [6.07, 6.45) is 1.13. The summed E-state index contributed by atoms with van der Waals surface area (Å²) in [6.45, 7) is -0.191. The first-order valence-corrected chi connectivity index (χ1v) is 9.18. The molecule has 0 spiro atoms. The lowest BCUT2D eigenvalue weighted by molar-refractivity contribution is 0.434. The number of halogens is 4. The van der Waals surface area contributed by atoms with Gasteiger partial charge in [0.2, 0.25) is 0 Å². The van der Waals surface area contributed by atoms with Gasteiger partial charge >= 0.3 is 5.69 Å². The van der Waals surface area contributed by atoms with Gasteiger partial charge < -0.3 is 4.74 Å². The van der Waals surface area contributed by atoms with E-state index in [0.29, 0.717) is 4.47 Å². The number of aromatic amines is 1. The number of aromatic nitrogens is 2. The third-order valence-corrected chi connectivity index (χ3v) is 4.77. The van der Waals surface area contributed by atoms with E-state index < -0.39 is 17.1 Å². The van der Waals surface area contributed by atoms with Gasteiger partial charge in [-0.3, -0.25) is 14.3 Å². The Balaban J connectivity index is 2.00. The quantitative estimate of drug-likeness (QED) is 0.592. The molecule has 0 amide bonds. The second-order valence-electron chi connectivity index (χ2n) is 5.60. The highest BCUT2D eigenvalue weighted by molar-refractivity contribution is 9.10. The van der Waals surface area contributed by atoms with Gasteiger partial charge in [-0.25, -0.2) is 9.18 Å². The first-order chi connectivity index (χ1) is 13.3. The topological polar surface area (TPSA) is 87.9 Å². The maximum Gasteiger partial charge on any atom is 0.328 e. The molecule has 1 aromatic heterocycles. The molecule has 0 aliphatic rings. The highest BCUT2D eigenvalue weighted by Gasteiger charge is 2.16. The Morgan fingerprint density at radius 1 is 1.25 bits per heavy atom. The van der Waals surface area contributed by atoms with Gasteiger partial charge in [0, 0.05) is 16.8 Å². The molecular weight excluding hydrogens is 476 g/mol. The number of nitriles is 1. The van der Waals surface area contributed by atoms with Crippen molar-refractivity contribution in [2.24, 2.45) is 0 Å². The Labute approximate surface area is 175 Å². The molecule has 0 bridgehead atoms. The predicted molar refractivity (Wildman–Crippen MR) is 106 cm³/mol.